The highest BCUT2D eigenvalue weighted by Crippen LogP contribution is 2.01. The van der Waals surface area contributed by atoms with Crippen LogP contribution in [0.25, 0.3) is 0 Å². The van der Waals surface area contributed by atoms with Crippen LogP contribution >= 0.6 is 0 Å². The third-order valence-electron chi connectivity index (χ3n) is 1.84. The lowest BCUT2D eigenvalue weighted by atomic mass is 10.2. The van der Waals surface area contributed by atoms with Gasteiger partial charge in [0.2, 0.25) is 5.91 Å². The number of amides is 1. The van der Waals surface area contributed by atoms with E-state index in [1.54, 1.807) is 19.0 Å². The van der Waals surface area contributed by atoms with Gasteiger partial charge in [0.25, 0.3) is 0 Å². The summed E-state index contributed by atoms with van der Waals surface area (Å²) in [5.41, 5.74) is 0. The normalized spacial score (nSPS) is 23.7. The summed E-state index contributed by atoms with van der Waals surface area (Å²) in [5, 5.41) is 4.28. The molecule has 0 aromatic carbocycles. The Hall–Kier alpha value is -0.610. The Morgan fingerprint density at radius 3 is 2.92 bits per heavy atom. The maximum atomic E-state index is 11.2. The zero-order valence-corrected chi connectivity index (χ0v) is 7.62. The van der Waals surface area contributed by atoms with Crippen LogP contribution in [0, 0.1) is 0 Å². The Labute approximate surface area is 72.9 Å². The van der Waals surface area contributed by atoms with Crippen LogP contribution < -0.4 is 5.32 Å². The summed E-state index contributed by atoms with van der Waals surface area (Å²) in [6.07, 6.45) is 0.479. The first-order chi connectivity index (χ1) is 5.70. The van der Waals surface area contributed by atoms with Crippen LogP contribution in [0.4, 0.5) is 0 Å². The van der Waals surface area contributed by atoms with Gasteiger partial charge in [0.15, 0.2) is 0 Å². The molecule has 4 heteroatoms. The van der Waals surface area contributed by atoms with Crippen molar-refractivity contribution in [3.05, 3.63) is 0 Å². The number of hydrogen-bond acceptors (Lipinski definition) is 2. The van der Waals surface area contributed by atoms with Crippen molar-refractivity contribution >= 4 is 5.91 Å². The van der Waals surface area contributed by atoms with Gasteiger partial charge in [-0.3, -0.25) is 4.79 Å². The number of hydrogen-bond donors (Lipinski definition) is 0. The fourth-order valence-electron chi connectivity index (χ4n) is 1.08. The van der Waals surface area contributed by atoms with Gasteiger partial charge in [-0.2, -0.15) is 0 Å². The van der Waals surface area contributed by atoms with E-state index < -0.39 is 0 Å². The highest BCUT2D eigenvalue weighted by Gasteiger charge is 2.18. The summed E-state index contributed by atoms with van der Waals surface area (Å²) in [6.45, 7) is 2.03. The van der Waals surface area contributed by atoms with Gasteiger partial charge in [-0.15, -0.1) is 0 Å². The minimum atomic E-state index is 0.0775. The number of carbonyl (C=O) groups excluding carboxylic acids is 1. The molecule has 12 heavy (non-hydrogen) atoms. The van der Waals surface area contributed by atoms with Gasteiger partial charge in [-0.1, -0.05) is 0 Å². The molecule has 0 spiro atoms. The van der Waals surface area contributed by atoms with Crippen molar-refractivity contribution in [2.24, 2.45) is 0 Å². The number of carbonyl (C=O) groups is 1. The van der Waals surface area contributed by atoms with Crippen molar-refractivity contribution in [3.63, 3.8) is 0 Å². The smallest absolute Gasteiger partial charge is 0.223 e. The lowest BCUT2D eigenvalue weighted by Gasteiger charge is -2.22. The largest absolute Gasteiger partial charge is 0.378 e. The second-order valence-corrected chi connectivity index (χ2v) is 3.13. The van der Waals surface area contributed by atoms with Gasteiger partial charge in [0.05, 0.1) is 19.3 Å². The van der Waals surface area contributed by atoms with E-state index in [9.17, 15) is 4.79 Å². The van der Waals surface area contributed by atoms with Gasteiger partial charge in [0.1, 0.15) is 0 Å². The minimum absolute atomic E-state index is 0.0775. The Morgan fingerprint density at radius 1 is 1.67 bits per heavy atom. The molecular formula is C8H15N2O2. The molecule has 1 rings (SSSR count). The van der Waals surface area contributed by atoms with Crippen LogP contribution in [-0.2, 0) is 9.53 Å². The molecule has 0 aliphatic carbocycles. The standard InChI is InChI=1S/C8H15N2O2/c1-10(2)8(11)5-7-6-12-4-3-9-7/h7H,3-6H2,1-2H3. The summed E-state index contributed by atoms with van der Waals surface area (Å²) in [6, 6.07) is 0.0775. The molecule has 1 amide bonds. The van der Waals surface area contributed by atoms with Crippen molar-refractivity contribution in [3.8, 4) is 0 Å². The quantitative estimate of drug-likeness (QED) is 0.560. The van der Waals surface area contributed by atoms with E-state index >= 15 is 0 Å². The molecule has 1 fully saturated rings. The van der Waals surface area contributed by atoms with Crippen molar-refractivity contribution < 1.29 is 9.53 Å². The number of nitrogens with zero attached hydrogens (tertiary/aromatic N) is 2. The van der Waals surface area contributed by atoms with Crippen LogP contribution in [-0.4, -0.2) is 50.7 Å². The molecule has 1 aliphatic rings. The minimum Gasteiger partial charge on any atom is -0.378 e. The first-order valence-electron chi connectivity index (χ1n) is 4.14. The zero-order valence-electron chi connectivity index (χ0n) is 7.62. The number of ether oxygens (including phenoxy) is 1. The summed E-state index contributed by atoms with van der Waals surface area (Å²) < 4.78 is 5.20. The van der Waals surface area contributed by atoms with Crippen LogP contribution in [0.15, 0.2) is 0 Å². The molecule has 1 heterocycles. The SMILES string of the molecule is CN(C)C(=O)CC1COCC[N]1. The van der Waals surface area contributed by atoms with E-state index in [2.05, 4.69) is 5.32 Å². The molecule has 4 nitrogen and oxygen atoms in total. The average Bonchev–Trinajstić information content (AvgIpc) is 2.06. The predicted octanol–water partition coefficient (Wildman–Crippen LogP) is -0.532. The second kappa shape index (κ2) is 4.42. The molecule has 1 saturated heterocycles. The summed E-state index contributed by atoms with van der Waals surface area (Å²) >= 11 is 0. The Morgan fingerprint density at radius 2 is 2.42 bits per heavy atom. The van der Waals surface area contributed by atoms with Gasteiger partial charge >= 0.3 is 0 Å². The third kappa shape index (κ3) is 2.79. The van der Waals surface area contributed by atoms with Crippen LogP contribution in [0.2, 0.25) is 0 Å². The lowest BCUT2D eigenvalue weighted by molar-refractivity contribution is -0.129. The van der Waals surface area contributed by atoms with Gasteiger partial charge < -0.3 is 9.64 Å². The van der Waals surface area contributed by atoms with E-state index in [0.717, 1.165) is 6.54 Å². The first kappa shape index (κ1) is 9.48. The van der Waals surface area contributed by atoms with E-state index in [0.29, 0.717) is 19.6 Å². The maximum Gasteiger partial charge on any atom is 0.223 e. The van der Waals surface area contributed by atoms with Crippen LogP contribution in [0.1, 0.15) is 6.42 Å². The van der Waals surface area contributed by atoms with Gasteiger partial charge in [-0.05, 0) is 0 Å². The molecule has 0 N–H and O–H groups in total. The van der Waals surface area contributed by atoms with Crippen LogP contribution in [0.3, 0.4) is 0 Å². The molecule has 1 aliphatic heterocycles. The van der Waals surface area contributed by atoms with Gasteiger partial charge in [-0.25, -0.2) is 5.32 Å². The van der Waals surface area contributed by atoms with E-state index in [4.69, 9.17) is 4.74 Å². The monoisotopic (exact) mass is 171 g/mol. The molecule has 0 saturated carbocycles. The molecule has 0 aromatic heterocycles. The van der Waals surface area contributed by atoms with E-state index in [-0.39, 0.29) is 11.9 Å². The fraction of sp³-hybridized carbons (Fsp3) is 0.875. The Kier molecular flexibility index (Phi) is 3.49. The zero-order chi connectivity index (χ0) is 8.97. The fourth-order valence-corrected chi connectivity index (χ4v) is 1.08. The molecular weight excluding hydrogens is 156 g/mol. The second-order valence-electron chi connectivity index (χ2n) is 3.13. The van der Waals surface area contributed by atoms with Crippen LogP contribution in [0.5, 0.6) is 0 Å². The molecule has 1 unspecified atom stereocenters. The van der Waals surface area contributed by atoms with Crippen molar-refractivity contribution in [1.82, 2.24) is 10.2 Å². The number of rotatable bonds is 2. The molecule has 69 valence electrons. The summed E-state index contributed by atoms with van der Waals surface area (Å²) in [4.78, 5) is 12.8. The highest BCUT2D eigenvalue weighted by atomic mass is 16.5. The van der Waals surface area contributed by atoms with Crippen molar-refractivity contribution in [2.45, 2.75) is 12.5 Å². The molecule has 0 bridgehead atoms. The average molecular weight is 171 g/mol. The van der Waals surface area contributed by atoms with Gasteiger partial charge in [0, 0.05) is 27.1 Å². The molecule has 0 aromatic rings. The van der Waals surface area contributed by atoms with Crippen molar-refractivity contribution in [1.29, 1.82) is 0 Å². The molecule has 1 radical (unpaired) electrons. The predicted molar refractivity (Wildman–Crippen MR) is 44.9 cm³/mol. The van der Waals surface area contributed by atoms with E-state index in [1.165, 1.54) is 0 Å². The summed E-state index contributed by atoms with van der Waals surface area (Å²) in [5.74, 6) is 0.120. The first-order valence-corrected chi connectivity index (χ1v) is 4.14. The lowest BCUT2D eigenvalue weighted by Crippen LogP contribution is -2.39. The third-order valence-corrected chi connectivity index (χ3v) is 1.84. The maximum absolute atomic E-state index is 11.2. The summed E-state index contributed by atoms with van der Waals surface area (Å²) in [7, 11) is 3.51. The Balaban J connectivity index is 2.24. The van der Waals surface area contributed by atoms with E-state index in [1.807, 2.05) is 0 Å². The highest BCUT2D eigenvalue weighted by molar-refractivity contribution is 5.76. The molecule has 1 atom stereocenters. The Bertz CT molecular complexity index is 153. The number of morpholine rings is 1. The van der Waals surface area contributed by atoms with Crippen molar-refractivity contribution in [2.75, 3.05) is 33.9 Å². The topological polar surface area (TPSA) is 43.6 Å².